The molecular weight excluding hydrogens is 414 g/mol. The highest BCUT2D eigenvalue weighted by atomic mass is 32.2. The van der Waals surface area contributed by atoms with Crippen molar-refractivity contribution in [2.24, 2.45) is 0 Å². The molecule has 1 unspecified atom stereocenters. The lowest BCUT2D eigenvalue weighted by atomic mass is 10.0. The topological polar surface area (TPSA) is 87.7 Å². The summed E-state index contributed by atoms with van der Waals surface area (Å²) < 4.78 is 32.5. The smallest absolute Gasteiger partial charge is 0.251 e. The zero-order valence-electron chi connectivity index (χ0n) is 17.7. The van der Waals surface area contributed by atoms with Gasteiger partial charge in [0.15, 0.2) is 0 Å². The van der Waals surface area contributed by atoms with Crippen LogP contribution in [0.5, 0.6) is 5.75 Å². The van der Waals surface area contributed by atoms with Gasteiger partial charge in [-0.3, -0.25) is 9.69 Å². The van der Waals surface area contributed by atoms with Crippen molar-refractivity contribution in [3.8, 4) is 5.75 Å². The SMILES string of the molecule is COc1ccc(C(CNC(=O)c2ccc(S(=O)(=O)NC3CC3)cc2)N2CCCC2)cc1. The number of carbonyl (C=O) groups excluding carboxylic acids is 1. The zero-order chi connectivity index (χ0) is 21.8. The Morgan fingerprint density at radius 1 is 1.06 bits per heavy atom. The fourth-order valence-corrected chi connectivity index (χ4v) is 5.21. The quantitative estimate of drug-likeness (QED) is 0.622. The minimum atomic E-state index is -3.52. The molecule has 0 spiro atoms. The standard InChI is InChI=1S/C23H29N3O4S/c1-30-20-10-4-17(5-11-20)22(26-14-2-3-15-26)16-24-23(27)18-6-12-21(13-7-18)31(28,29)25-19-8-9-19/h4-7,10-13,19,22,25H,2-3,8-9,14-16H2,1H3,(H,24,27). The third-order valence-corrected chi connectivity index (χ3v) is 7.40. The van der Waals surface area contributed by atoms with Crippen LogP contribution in [0, 0.1) is 0 Å². The Kier molecular flexibility index (Phi) is 6.60. The van der Waals surface area contributed by atoms with E-state index in [1.54, 1.807) is 19.2 Å². The molecule has 1 amide bonds. The van der Waals surface area contributed by atoms with Crippen molar-refractivity contribution >= 4 is 15.9 Å². The lowest BCUT2D eigenvalue weighted by molar-refractivity contribution is 0.0937. The Bertz CT molecular complexity index is 996. The molecule has 2 aliphatic rings. The van der Waals surface area contributed by atoms with Crippen molar-refractivity contribution in [1.29, 1.82) is 0 Å². The summed E-state index contributed by atoms with van der Waals surface area (Å²) in [5, 5.41) is 3.03. The number of amides is 1. The number of sulfonamides is 1. The van der Waals surface area contributed by atoms with E-state index in [0.29, 0.717) is 12.1 Å². The number of nitrogens with one attached hydrogen (secondary N) is 2. The molecule has 2 aromatic carbocycles. The molecule has 2 fully saturated rings. The van der Waals surface area contributed by atoms with Gasteiger partial charge in [0, 0.05) is 18.2 Å². The van der Waals surface area contributed by atoms with E-state index in [1.807, 2.05) is 24.3 Å². The Hall–Kier alpha value is -2.42. The number of benzene rings is 2. The predicted molar refractivity (Wildman–Crippen MR) is 119 cm³/mol. The van der Waals surface area contributed by atoms with E-state index in [4.69, 9.17) is 4.74 Å². The molecule has 7 nitrogen and oxygen atoms in total. The van der Waals surface area contributed by atoms with Crippen LogP contribution in [0.25, 0.3) is 0 Å². The molecule has 1 saturated carbocycles. The first-order valence-electron chi connectivity index (χ1n) is 10.7. The van der Waals surface area contributed by atoms with Crippen LogP contribution in [0.2, 0.25) is 0 Å². The normalized spacial score (nSPS) is 18.0. The maximum absolute atomic E-state index is 12.7. The third kappa shape index (κ3) is 5.44. The van der Waals surface area contributed by atoms with E-state index >= 15 is 0 Å². The minimum Gasteiger partial charge on any atom is -0.497 e. The highest BCUT2D eigenvalue weighted by Crippen LogP contribution is 2.26. The summed E-state index contributed by atoms with van der Waals surface area (Å²) in [6, 6.07) is 14.2. The summed E-state index contributed by atoms with van der Waals surface area (Å²) in [6.07, 6.45) is 4.08. The number of rotatable bonds is 9. The number of methoxy groups -OCH3 is 1. The van der Waals surface area contributed by atoms with Gasteiger partial charge in [-0.25, -0.2) is 13.1 Å². The molecule has 31 heavy (non-hydrogen) atoms. The van der Waals surface area contributed by atoms with Gasteiger partial charge < -0.3 is 10.1 Å². The van der Waals surface area contributed by atoms with Crippen molar-refractivity contribution in [2.75, 3.05) is 26.7 Å². The first kappa shape index (κ1) is 21.8. The second kappa shape index (κ2) is 9.38. The molecule has 8 heteroatoms. The van der Waals surface area contributed by atoms with Gasteiger partial charge in [-0.2, -0.15) is 0 Å². The van der Waals surface area contributed by atoms with E-state index in [1.165, 1.54) is 12.1 Å². The average Bonchev–Trinajstić information content (AvgIpc) is 3.42. The molecule has 1 saturated heterocycles. The van der Waals surface area contributed by atoms with E-state index in [2.05, 4.69) is 14.9 Å². The Labute approximate surface area is 183 Å². The fourth-order valence-electron chi connectivity index (χ4n) is 3.90. The molecule has 1 aliphatic carbocycles. The average molecular weight is 444 g/mol. The van der Waals surface area contributed by atoms with E-state index in [0.717, 1.165) is 50.1 Å². The zero-order valence-corrected chi connectivity index (χ0v) is 18.5. The molecule has 4 rings (SSSR count). The maximum atomic E-state index is 12.7. The lowest BCUT2D eigenvalue weighted by Gasteiger charge is -2.28. The predicted octanol–water partition coefficient (Wildman–Crippen LogP) is 2.70. The Balaban J connectivity index is 1.42. The molecule has 1 aliphatic heterocycles. The van der Waals surface area contributed by atoms with Crippen LogP contribution in [0.3, 0.4) is 0 Å². The van der Waals surface area contributed by atoms with Gasteiger partial charge >= 0.3 is 0 Å². The number of likely N-dealkylation sites (tertiary alicyclic amines) is 1. The first-order valence-corrected chi connectivity index (χ1v) is 12.2. The number of hydrogen-bond acceptors (Lipinski definition) is 5. The number of ether oxygens (including phenoxy) is 1. The monoisotopic (exact) mass is 443 g/mol. The molecule has 166 valence electrons. The van der Waals surface area contributed by atoms with E-state index in [-0.39, 0.29) is 22.9 Å². The van der Waals surface area contributed by atoms with Gasteiger partial charge in [0.05, 0.1) is 18.0 Å². The summed E-state index contributed by atoms with van der Waals surface area (Å²) in [5.41, 5.74) is 1.58. The molecule has 1 heterocycles. The van der Waals surface area contributed by atoms with E-state index < -0.39 is 10.0 Å². The van der Waals surface area contributed by atoms with Gasteiger partial charge in [0.2, 0.25) is 10.0 Å². The summed E-state index contributed by atoms with van der Waals surface area (Å²) in [4.78, 5) is 15.3. The summed E-state index contributed by atoms with van der Waals surface area (Å²) in [5.74, 6) is 0.594. The maximum Gasteiger partial charge on any atom is 0.251 e. The van der Waals surface area contributed by atoms with Gasteiger partial charge in [0.1, 0.15) is 5.75 Å². The van der Waals surface area contributed by atoms with Crippen molar-refractivity contribution in [3.63, 3.8) is 0 Å². The second-order valence-corrected chi connectivity index (χ2v) is 9.88. The Morgan fingerprint density at radius 2 is 1.71 bits per heavy atom. The van der Waals surface area contributed by atoms with E-state index in [9.17, 15) is 13.2 Å². The molecule has 0 aromatic heterocycles. The number of carbonyl (C=O) groups is 1. The largest absolute Gasteiger partial charge is 0.497 e. The van der Waals surface area contributed by atoms with Crippen molar-refractivity contribution in [3.05, 3.63) is 59.7 Å². The second-order valence-electron chi connectivity index (χ2n) is 8.16. The van der Waals surface area contributed by atoms with Crippen LogP contribution in [0.15, 0.2) is 53.4 Å². The molecular formula is C23H29N3O4S. The van der Waals surface area contributed by atoms with Crippen molar-refractivity contribution in [1.82, 2.24) is 14.9 Å². The van der Waals surface area contributed by atoms with Gasteiger partial charge in [-0.1, -0.05) is 12.1 Å². The van der Waals surface area contributed by atoms with Crippen LogP contribution >= 0.6 is 0 Å². The molecule has 1 atom stereocenters. The molecule has 0 radical (unpaired) electrons. The van der Waals surface area contributed by atoms with Gasteiger partial charge in [-0.05, 0) is 80.7 Å². The Morgan fingerprint density at radius 3 is 2.29 bits per heavy atom. The van der Waals surface area contributed by atoms with Gasteiger partial charge in [-0.15, -0.1) is 0 Å². The lowest BCUT2D eigenvalue weighted by Crippen LogP contribution is -2.36. The summed E-state index contributed by atoms with van der Waals surface area (Å²) >= 11 is 0. The van der Waals surface area contributed by atoms with Crippen molar-refractivity contribution < 1.29 is 17.9 Å². The number of hydrogen-bond donors (Lipinski definition) is 2. The molecule has 0 bridgehead atoms. The summed E-state index contributed by atoms with van der Waals surface area (Å²) in [7, 11) is -1.87. The molecule has 2 N–H and O–H groups in total. The van der Waals surface area contributed by atoms with Crippen LogP contribution in [-0.4, -0.2) is 52.0 Å². The fraction of sp³-hybridized carbons (Fsp3) is 0.435. The highest BCUT2D eigenvalue weighted by Gasteiger charge is 2.28. The minimum absolute atomic E-state index is 0.0495. The van der Waals surface area contributed by atoms with Crippen LogP contribution in [0.4, 0.5) is 0 Å². The van der Waals surface area contributed by atoms with Crippen LogP contribution in [-0.2, 0) is 10.0 Å². The van der Waals surface area contributed by atoms with Gasteiger partial charge in [0.25, 0.3) is 5.91 Å². The number of nitrogens with zero attached hydrogens (tertiary/aromatic N) is 1. The highest BCUT2D eigenvalue weighted by molar-refractivity contribution is 7.89. The van der Waals surface area contributed by atoms with Crippen molar-refractivity contribution in [2.45, 2.75) is 42.7 Å². The van der Waals surface area contributed by atoms with Crippen LogP contribution in [0.1, 0.15) is 47.6 Å². The third-order valence-electron chi connectivity index (χ3n) is 5.86. The summed E-state index contributed by atoms with van der Waals surface area (Å²) in [6.45, 7) is 2.49. The van der Waals surface area contributed by atoms with Crippen LogP contribution < -0.4 is 14.8 Å². The molecule has 2 aromatic rings. The first-order chi connectivity index (χ1) is 15.0.